The summed E-state index contributed by atoms with van der Waals surface area (Å²) in [5.41, 5.74) is 1.35. The second-order valence-electron chi connectivity index (χ2n) is 6.51. The summed E-state index contributed by atoms with van der Waals surface area (Å²) in [7, 11) is 2.08. The summed E-state index contributed by atoms with van der Waals surface area (Å²) in [5.74, 6) is 4.65. The van der Waals surface area contributed by atoms with Gasteiger partial charge in [0.05, 0.1) is 13.2 Å². The van der Waals surface area contributed by atoms with Crippen LogP contribution in [0, 0.1) is 17.8 Å². The van der Waals surface area contributed by atoms with Crippen LogP contribution in [0.1, 0.15) is 37.3 Å². The zero-order valence-corrected chi connectivity index (χ0v) is 12.1. The number of hydrogen-bond donors (Lipinski definition) is 1. The summed E-state index contributed by atoms with van der Waals surface area (Å²) < 4.78 is 11.5. The van der Waals surface area contributed by atoms with Gasteiger partial charge in [0.2, 0.25) is 0 Å². The number of rotatable bonds is 3. The molecule has 1 heterocycles. The maximum atomic E-state index is 5.82. The van der Waals surface area contributed by atoms with Gasteiger partial charge in [-0.1, -0.05) is 6.07 Å². The Morgan fingerprint density at radius 1 is 1.05 bits per heavy atom. The summed E-state index contributed by atoms with van der Waals surface area (Å²) in [5, 5.41) is 3.53. The molecular weight excluding hydrogens is 250 g/mol. The zero-order chi connectivity index (χ0) is 13.5. The highest BCUT2D eigenvalue weighted by Gasteiger charge is 2.47. The molecule has 1 aliphatic heterocycles. The third kappa shape index (κ3) is 2.18. The lowest BCUT2D eigenvalue weighted by Crippen LogP contribution is -2.24. The summed E-state index contributed by atoms with van der Waals surface area (Å²) in [4.78, 5) is 0. The van der Waals surface area contributed by atoms with E-state index in [1.807, 2.05) is 0 Å². The van der Waals surface area contributed by atoms with Crippen LogP contribution in [0.3, 0.4) is 0 Å². The molecule has 108 valence electrons. The molecule has 3 atom stereocenters. The highest BCUT2D eigenvalue weighted by molar-refractivity contribution is 5.44. The van der Waals surface area contributed by atoms with Crippen molar-refractivity contribution in [3.63, 3.8) is 0 Å². The molecule has 1 aromatic rings. The highest BCUT2D eigenvalue weighted by Crippen LogP contribution is 2.57. The largest absolute Gasteiger partial charge is 0.490 e. The second-order valence-corrected chi connectivity index (χ2v) is 6.51. The third-order valence-electron chi connectivity index (χ3n) is 5.19. The molecule has 2 saturated carbocycles. The second kappa shape index (κ2) is 4.96. The molecule has 3 aliphatic rings. The Morgan fingerprint density at radius 3 is 2.55 bits per heavy atom. The van der Waals surface area contributed by atoms with Gasteiger partial charge in [-0.2, -0.15) is 0 Å². The lowest BCUT2D eigenvalue weighted by atomic mass is 9.89. The van der Waals surface area contributed by atoms with Crippen molar-refractivity contribution in [3.05, 3.63) is 23.8 Å². The van der Waals surface area contributed by atoms with Crippen LogP contribution in [0.5, 0.6) is 11.5 Å². The van der Waals surface area contributed by atoms with E-state index in [2.05, 4.69) is 30.6 Å². The van der Waals surface area contributed by atoms with Crippen LogP contribution in [0.2, 0.25) is 0 Å². The molecule has 0 radical (unpaired) electrons. The van der Waals surface area contributed by atoms with Crippen LogP contribution in [-0.4, -0.2) is 20.3 Å². The predicted molar refractivity (Wildman–Crippen MR) is 78.2 cm³/mol. The Morgan fingerprint density at radius 2 is 1.80 bits per heavy atom. The molecule has 2 fully saturated rings. The maximum Gasteiger partial charge on any atom is 0.161 e. The summed E-state index contributed by atoms with van der Waals surface area (Å²) in [6.07, 6.45) is 5.23. The Labute approximate surface area is 120 Å². The molecular formula is C17H23NO2. The van der Waals surface area contributed by atoms with Gasteiger partial charge in [0, 0.05) is 12.5 Å². The van der Waals surface area contributed by atoms with E-state index in [0.29, 0.717) is 6.04 Å². The van der Waals surface area contributed by atoms with Gasteiger partial charge < -0.3 is 14.8 Å². The zero-order valence-electron chi connectivity index (χ0n) is 12.1. The molecule has 1 N–H and O–H groups in total. The Hall–Kier alpha value is -1.22. The average molecular weight is 273 g/mol. The van der Waals surface area contributed by atoms with Crippen molar-refractivity contribution in [1.29, 1.82) is 0 Å². The number of benzene rings is 1. The monoisotopic (exact) mass is 273 g/mol. The molecule has 20 heavy (non-hydrogen) atoms. The fraction of sp³-hybridized carbons (Fsp3) is 0.647. The first-order valence-corrected chi connectivity index (χ1v) is 7.92. The first kappa shape index (κ1) is 12.5. The third-order valence-corrected chi connectivity index (χ3v) is 5.19. The van der Waals surface area contributed by atoms with Crippen LogP contribution in [0.15, 0.2) is 18.2 Å². The van der Waals surface area contributed by atoms with Crippen LogP contribution < -0.4 is 14.8 Å². The summed E-state index contributed by atoms with van der Waals surface area (Å²) in [6, 6.07) is 6.93. The van der Waals surface area contributed by atoms with Gasteiger partial charge >= 0.3 is 0 Å². The van der Waals surface area contributed by atoms with Crippen LogP contribution in [0.25, 0.3) is 0 Å². The van der Waals surface area contributed by atoms with Gasteiger partial charge in [0.25, 0.3) is 0 Å². The molecule has 0 bridgehead atoms. The summed E-state index contributed by atoms with van der Waals surface area (Å²) in [6.45, 7) is 1.52. The fourth-order valence-corrected chi connectivity index (χ4v) is 4.08. The lowest BCUT2D eigenvalue weighted by Gasteiger charge is -2.25. The van der Waals surface area contributed by atoms with Gasteiger partial charge in [-0.05, 0) is 61.8 Å². The van der Waals surface area contributed by atoms with Crippen molar-refractivity contribution in [1.82, 2.24) is 5.32 Å². The Bertz CT molecular complexity index is 492. The smallest absolute Gasteiger partial charge is 0.161 e. The van der Waals surface area contributed by atoms with E-state index in [1.165, 1.54) is 24.8 Å². The summed E-state index contributed by atoms with van der Waals surface area (Å²) >= 11 is 0. The van der Waals surface area contributed by atoms with Gasteiger partial charge in [-0.3, -0.25) is 0 Å². The first-order valence-electron chi connectivity index (χ1n) is 7.92. The molecule has 0 aromatic heterocycles. The number of ether oxygens (including phenoxy) is 2. The van der Waals surface area contributed by atoms with Crippen LogP contribution >= 0.6 is 0 Å². The Balaban J connectivity index is 1.58. The minimum absolute atomic E-state index is 0.458. The molecule has 3 unspecified atom stereocenters. The topological polar surface area (TPSA) is 30.5 Å². The van der Waals surface area contributed by atoms with E-state index in [0.717, 1.165) is 48.9 Å². The fourth-order valence-electron chi connectivity index (χ4n) is 4.08. The van der Waals surface area contributed by atoms with Gasteiger partial charge in [-0.25, -0.2) is 0 Å². The van der Waals surface area contributed by atoms with Crippen molar-refractivity contribution in [2.75, 3.05) is 20.3 Å². The molecule has 0 saturated heterocycles. The van der Waals surface area contributed by atoms with E-state index in [9.17, 15) is 0 Å². The van der Waals surface area contributed by atoms with E-state index >= 15 is 0 Å². The molecule has 3 heteroatoms. The first-order chi connectivity index (χ1) is 9.85. The average Bonchev–Trinajstić information content (AvgIpc) is 3.15. The van der Waals surface area contributed by atoms with E-state index in [4.69, 9.17) is 9.47 Å². The maximum absolute atomic E-state index is 5.82. The quantitative estimate of drug-likeness (QED) is 0.917. The molecule has 3 nitrogen and oxygen atoms in total. The van der Waals surface area contributed by atoms with Crippen molar-refractivity contribution >= 4 is 0 Å². The minimum Gasteiger partial charge on any atom is -0.490 e. The molecule has 0 spiro atoms. The standard InChI is InChI=1S/C17H23NO2/c1-18-17(14-8-12-7-13(12)9-14)11-3-4-15-16(10-11)20-6-2-5-19-15/h3-4,10,12-14,17-18H,2,5-9H2,1H3. The van der Waals surface area contributed by atoms with Crippen molar-refractivity contribution in [2.24, 2.45) is 17.8 Å². The number of fused-ring (bicyclic) bond motifs is 2. The number of nitrogens with one attached hydrogen (secondary N) is 1. The van der Waals surface area contributed by atoms with E-state index in [1.54, 1.807) is 0 Å². The number of hydrogen-bond acceptors (Lipinski definition) is 3. The van der Waals surface area contributed by atoms with Gasteiger partial charge in [-0.15, -0.1) is 0 Å². The minimum atomic E-state index is 0.458. The molecule has 4 rings (SSSR count). The van der Waals surface area contributed by atoms with E-state index in [-0.39, 0.29) is 0 Å². The van der Waals surface area contributed by atoms with E-state index < -0.39 is 0 Å². The van der Waals surface area contributed by atoms with Crippen LogP contribution in [0.4, 0.5) is 0 Å². The van der Waals surface area contributed by atoms with Gasteiger partial charge in [0.1, 0.15) is 0 Å². The normalized spacial score (nSPS) is 32.4. The van der Waals surface area contributed by atoms with Crippen molar-refractivity contribution in [2.45, 2.75) is 31.7 Å². The molecule has 1 aromatic carbocycles. The SMILES string of the molecule is CNC(c1ccc2c(c1)OCCCO2)C1CC2CC2C1. The lowest BCUT2D eigenvalue weighted by molar-refractivity contribution is 0.296. The molecule has 0 amide bonds. The van der Waals surface area contributed by atoms with Crippen molar-refractivity contribution < 1.29 is 9.47 Å². The predicted octanol–water partition coefficient (Wildman–Crippen LogP) is 3.15. The Kier molecular flexibility index (Phi) is 3.10. The van der Waals surface area contributed by atoms with Crippen molar-refractivity contribution in [3.8, 4) is 11.5 Å². The van der Waals surface area contributed by atoms with Crippen LogP contribution in [-0.2, 0) is 0 Å². The highest BCUT2D eigenvalue weighted by atomic mass is 16.5. The molecule has 2 aliphatic carbocycles. The van der Waals surface area contributed by atoms with Gasteiger partial charge in [0.15, 0.2) is 11.5 Å².